The molecule has 68 valence electrons. The van der Waals surface area contributed by atoms with E-state index in [-0.39, 0.29) is 0 Å². The van der Waals surface area contributed by atoms with Gasteiger partial charge < -0.3 is 14.2 Å². The summed E-state index contributed by atoms with van der Waals surface area (Å²) in [5, 5.41) is 0. The number of hydrogen-bond acceptors (Lipinski definition) is 3. The minimum Gasteiger partial charge on any atom is -0.493 e. The first-order chi connectivity index (χ1) is 6.45. The highest BCUT2D eigenvalue weighted by Crippen LogP contribution is 2.14. The molecule has 0 spiro atoms. The summed E-state index contributed by atoms with van der Waals surface area (Å²) in [5.41, 5.74) is 0. The molecule has 0 aromatic rings. The normalized spacial score (nSPS) is 19.7. The summed E-state index contributed by atoms with van der Waals surface area (Å²) >= 11 is 0. The molecule has 0 unspecified atom stereocenters. The van der Waals surface area contributed by atoms with Gasteiger partial charge in [0, 0.05) is 6.08 Å². The molecular weight excluding hydrogens is 168 g/mol. The maximum atomic E-state index is 5.37. The standard InChI is InChI=1S/C10H10O3/c1-2-7-12-10(5-1)13-9-4-3-6-11-8-9/h1-5,8H,6-7H2. The molecule has 2 aliphatic rings. The predicted molar refractivity (Wildman–Crippen MR) is 47.4 cm³/mol. The second-order valence-corrected chi connectivity index (χ2v) is 2.58. The zero-order valence-corrected chi connectivity index (χ0v) is 7.10. The topological polar surface area (TPSA) is 27.7 Å². The number of allylic oxidation sites excluding steroid dienone is 3. The summed E-state index contributed by atoms with van der Waals surface area (Å²) in [5.74, 6) is 1.16. The van der Waals surface area contributed by atoms with Crippen molar-refractivity contribution in [2.45, 2.75) is 0 Å². The molecule has 0 aromatic heterocycles. The fraction of sp³-hybridized carbons (Fsp3) is 0.200. The highest BCUT2D eigenvalue weighted by Gasteiger charge is 2.05. The lowest BCUT2D eigenvalue weighted by Crippen LogP contribution is -2.02. The monoisotopic (exact) mass is 178 g/mol. The van der Waals surface area contributed by atoms with Gasteiger partial charge in [0.2, 0.25) is 0 Å². The maximum Gasteiger partial charge on any atom is 0.285 e. The summed E-state index contributed by atoms with van der Waals surface area (Å²) in [6.07, 6.45) is 10.9. The van der Waals surface area contributed by atoms with E-state index < -0.39 is 0 Å². The van der Waals surface area contributed by atoms with Crippen molar-refractivity contribution in [2.24, 2.45) is 0 Å². The van der Waals surface area contributed by atoms with Crippen molar-refractivity contribution in [3.63, 3.8) is 0 Å². The van der Waals surface area contributed by atoms with Gasteiger partial charge >= 0.3 is 0 Å². The van der Waals surface area contributed by atoms with Gasteiger partial charge in [-0.2, -0.15) is 0 Å². The van der Waals surface area contributed by atoms with Gasteiger partial charge in [0.15, 0.2) is 5.76 Å². The molecule has 0 N–H and O–H groups in total. The van der Waals surface area contributed by atoms with Crippen molar-refractivity contribution in [1.82, 2.24) is 0 Å². The van der Waals surface area contributed by atoms with Gasteiger partial charge in [-0.05, 0) is 18.2 Å². The third-order valence-corrected chi connectivity index (χ3v) is 1.58. The molecule has 13 heavy (non-hydrogen) atoms. The van der Waals surface area contributed by atoms with Crippen LogP contribution < -0.4 is 0 Å². The van der Waals surface area contributed by atoms with E-state index in [2.05, 4.69) is 0 Å². The third kappa shape index (κ3) is 2.15. The number of hydrogen-bond donors (Lipinski definition) is 0. The molecule has 0 saturated carbocycles. The van der Waals surface area contributed by atoms with Crippen molar-refractivity contribution < 1.29 is 14.2 Å². The molecule has 0 aliphatic carbocycles. The van der Waals surface area contributed by atoms with E-state index >= 15 is 0 Å². The zero-order valence-electron chi connectivity index (χ0n) is 7.10. The third-order valence-electron chi connectivity index (χ3n) is 1.58. The molecule has 3 heteroatoms. The van der Waals surface area contributed by atoms with Gasteiger partial charge in [0.05, 0.1) is 0 Å². The summed E-state index contributed by atoms with van der Waals surface area (Å²) in [6.45, 7) is 1.16. The van der Waals surface area contributed by atoms with Crippen molar-refractivity contribution >= 4 is 0 Å². The van der Waals surface area contributed by atoms with Crippen LogP contribution in [0.2, 0.25) is 0 Å². The first kappa shape index (κ1) is 7.98. The molecule has 0 atom stereocenters. The minimum atomic E-state index is 0.504. The Bertz CT molecular complexity index is 297. The van der Waals surface area contributed by atoms with Crippen LogP contribution in [0.15, 0.2) is 48.3 Å². The van der Waals surface area contributed by atoms with Crippen LogP contribution >= 0.6 is 0 Å². The van der Waals surface area contributed by atoms with E-state index in [4.69, 9.17) is 14.2 Å². The Morgan fingerprint density at radius 3 is 2.92 bits per heavy atom. The Balaban J connectivity index is 1.97. The van der Waals surface area contributed by atoms with Crippen LogP contribution in [-0.2, 0) is 14.2 Å². The van der Waals surface area contributed by atoms with E-state index in [9.17, 15) is 0 Å². The maximum absolute atomic E-state index is 5.37. The SMILES string of the molecule is C1=CCOC(OC2=COCC=C2)=C1. The Kier molecular flexibility index (Phi) is 2.36. The van der Waals surface area contributed by atoms with Crippen LogP contribution in [0.5, 0.6) is 0 Å². The molecule has 0 bridgehead atoms. The molecule has 0 amide bonds. The van der Waals surface area contributed by atoms with Crippen molar-refractivity contribution in [3.8, 4) is 0 Å². The van der Waals surface area contributed by atoms with Crippen LogP contribution in [0.1, 0.15) is 0 Å². The van der Waals surface area contributed by atoms with Crippen molar-refractivity contribution in [2.75, 3.05) is 13.2 Å². The molecule has 2 heterocycles. The fourth-order valence-electron chi connectivity index (χ4n) is 1.01. The average Bonchev–Trinajstić information content (AvgIpc) is 2.21. The predicted octanol–water partition coefficient (Wildman–Crippen LogP) is 1.86. The van der Waals surface area contributed by atoms with Crippen LogP contribution in [0.4, 0.5) is 0 Å². The molecule has 0 fully saturated rings. The Morgan fingerprint density at radius 1 is 1.23 bits per heavy atom. The van der Waals surface area contributed by atoms with Gasteiger partial charge in [0.1, 0.15) is 19.5 Å². The second-order valence-electron chi connectivity index (χ2n) is 2.58. The molecular formula is C10H10O3. The van der Waals surface area contributed by atoms with Crippen molar-refractivity contribution in [3.05, 3.63) is 48.3 Å². The molecule has 0 saturated heterocycles. The van der Waals surface area contributed by atoms with E-state index in [1.165, 1.54) is 0 Å². The second kappa shape index (κ2) is 3.85. The Morgan fingerprint density at radius 2 is 2.23 bits per heavy atom. The van der Waals surface area contributed by atoms with Crippen LogP contribution in [-0.4, -0.2) is 13.2 Å². The highest BCUT2D eigenvalue weighted by atomic mass is 16.7. The fourth-order valence-corrected chi connectivity index (χ4v) is 1.01. The first-order valence-corrected chi connectivity index (χ1v) is 4.11. The lowest BCUT2D eigenvalue weighted by atomic mass is 10.4. The van der Waals surface area contributed by atoms with Crippen molar-refractivity contribution in [1.29, 1.82) is 0 Å². The summed E-state index contributed by atoms with van der Waals surface area (Å²) in [7, 11) is 0. The van der Waals surface area contributed by atoms with Crippen LogP contribution in [0.3, 0.4) is 0 Å². The van der Waals surface area contributed by atoms with Crippen LogP contribution in [0.25, 0.3) is 0 Å². The van der Waals surface area contributed by atoms with Gasteiger partial charge in [-0.15, -0.1) is 0 Å². The summed E-state index contributed by atoms with van der Waals surface area (Å²) in [4.78, 5) is 0. The van der Waals surface area contributed by atoms with Gasteiger partial charge in [-0.1, -0.05) is 6.08 Å². The molecule has 2 aliphatic heterocycles. The van der Waals surface area contributed by atoms with E-state index in [0.29, 0.717) is 24.9 Å². The lowest BCUT2D eigenvalue weighted by Gasteiger charge is -2.14. The smallest absolute Gasteiger partial charge is 0.285 e. The summed E-state index contributed by atoms with van der Waals surface area (Å²) in [6, 6.07) is 0. The van der Waals surface area contributed by atoms with E-state index in [0.717, 1.165) is 0 Å². The Labute approximate surface area is 76.6 Å². The first-order valence-electron chi connectivity index (χ1n) is 4.11. The van der Waals surface area contributed by atoms with E-state index in [1.807, 2.05) is 24.3 Å². The quantitative estimate of drug-likeness (QED) is 0.646. The molecule has 3 nitrogen and oxygen atoms in total. The molecule has 2 rings (SSSR count). The van der Waals surface area contributed by atoms with Gasteiger partial charge in [0.25, 0.3) is 5.95 Å². The van der Waals surface area contributed by atoms with Crippen LogP contribution in [0, 0.1) is 0 Å². The zero-order chi connectivity index (χ0) is 8.93. The number of ether oxygens (including phenoxy) is 3. The highest BCUT2D eigenvalue weighted by molar-refractivity contribution is 5.16. The number of rotatable bonds is 2. The largest absolute Gasteiger partial charge is 0.493 e. The minimum absolute atomic E-state index is 0.504. The van der Waals surface area contributed by atoms with E-state index in [1.54, 1.807) is 12.3 Å². The molecule has 0 aromatic carbocycles. The van der Waals surface area contributed by atoms with Gasteiger partial charge in [-0.25, -0.2) is 0 Å². The molecule has 0 radical (unpaired) electrons. The van der Waals surface area contributed by atoms with Gasteiger partial charge in [-0.3, -0.25) is 0 Å². The summed E-state index contributed by atoms with van der Waals surface area (Å²) < 4.78 is 15.6. The average molecular weight is 178 g/mol. The Hall–Kier alpha value is -1.64. The lowest BCUT2D eigenvalue weighted by molar-refractivity contribution is 0.0798.